The van der Waals surface area contributed by atoms with Gasteiger partial charge in [0.05, 0.1) is 22.3 Å². The Kier molecular flexibility index (Phi) is 2.87. The number of benzene rings is 1. The van der Waals surface area contributed by atoms with Crippen molar-refractivity contribution in [1.82, 2.24) is 20.2 Å². The maximum atomic E-state index is 13.7. The molecule has 0 fully saturated rings. The van der Waals surface area contributed by atoms with Crippen molar-refractivity contribution >= 4 is 40.1 Å². The number of nitrogens with one attached hydrogen (secondary N) is 2. The second-order valence-corrected chi connectivity index (χ2v) is 4.34. The number of H-pyrrole nitrogens is 1. The van der Waals surface area contributed by atoms with Gasteiger partial charge in [0.2, 0.25) is 5.95 Å². The molecule has 0 aliphatic carbocycles. The van der Waals surface area contributed by atoms with Crippen LogP contribution >= 0.6 is 11.6 Å². The summed E-state index contributed by atoms with van der Waals surface area (Å²) in [7, 11) is 0. The summed E-state index contributed by atoms with van der Waals surface area (Å²) in [5, 5.41) is 9.47. The van der Waals surface area contributed by atoms with Crippen LogP contribution in [0.1, 0.15) is 0 Å². The minimum Gasteiger partial charge on any atom is -0.368 e. The third-order valence-electron chi connectivity index (χ3n) is 2.58. The van der Waals surface area contributed by atoms with E-state index in [2.05, 4.69) is 25.5 Å². The number of aromatic amines is 1. The summed E-state index contributed by atoms with van der Waals surface area (Å²) in [5.74, 6) is -1.42. The Morgan fingerprint density at radius 2 is 2.05 bits per heavy atom. The highest BCUT2D eigenvalue weighted by atomic mass is 35.5. The van der Waals surface area contributed by atoms with E-state index in [4.69, 9.17) is 17.3 Å². The number of nitrogens with two attached hydrogens (primary N) is 1. The largest absolute Gasteiger partial charge is 0.368 e. The predicted molar refractivity (Wildman–Crippen MR) is 70.7 cm³/mol. The first-order valence-electron chi connectivity index (χ1n) is 5.43. The quantitative estimate of drug-likeness (QED) is 0.676. The lowest BCUT2D eigenvalue weighted by molar-refractivity contribution is 0.586. The highest BCUT2D eigenvalue weighted by Gasteiger charge is 2.14. The summed E-state index contributed by atoms with van der Waals surface area (Å²) in [6, 6.07) is 1.70. The van der Waals surface area contributed by atoms with E-state index in [1.807, 2.05) is 0 Å². The van der Waals surface area contributed by atoms with Gasteiger partial charge >= 0.3 is 0 Å². The summed E-state index contributed by atoms with van der Waals surface area (Å²) in [6.07, 6.45) is 1.45. The molecular weight excluding hydrogens is 290 g/mol. The van der Waals surface area contributed by atoms with Gasteiger partial charge in [0, 0.05) is 6.07 Å². The van der Waals surface area contributed by atoms with E-state index < -0.39 is 11.6 Å². The standard InChI is InChI=1S/C11H7ClF2N6/c12-6-1-4(13)2-7(14)8(6)17-9-5-3-16-20-10(5)19-11(15)18-9/h1-3H,(H4,15,16,17,18,19,20). The topological polar surface area (TPSA) is 92.5 Å². The molecule has 0 saturated carbocycles. The van der Waals surface area contributed by atoms with E-state index in [0.717, 1.165) is 6.07 Å². The second kappa shape index (κ2) is 4.57. The smallest absolute Gasteiger partial charge is 0.224 e. The number of nitrogen functional groups attached to an aromatic ring is 1. The molecule has 2 aromatic heterocycles. The second-order valence-electron chi connectivity index (χ2n) is 3.93. The van der Waals surface area contributed by atoms with Gasteiger partial charge in [-0.2, -0.15) is 15.1 Å². The van der Waals surface area contributed by atoms with Gasteiger partial charge in [-0.1, -0.05) is 11.6 Å². The Morgan fingerprint density at radius 1 is 1.25 bits per heavy atom. The van der Waals surface area contributed by atoms with Crippen molar-refractivity contribution < 1.29 is 8.78 Å². The average Bonchev–Trinajstić information content (AvgIpc) is 2.81. The van der Waals surface area contributed by atoms with E-state index in [-0.39, 0.29) is 22.5 Å². The van der Waals surface area contributed by atoms with E-state index in [9.17, 15) is 8.78 Å². The summed E-state index contributed by atoms with van der Waals surface area (Å²) in [5.41, 5.74) is 5.83. The molecule has 4 N–H and O–H groups in total. The fourth-order valence-corrected chi connectivity index (χ4v) is 1.97. The lowest BCUT2D eigenvalue weighted by atomic mass is 10.3. The third kappa shape index (κ3) is 2.10. The van der Waals surface area contributed by atoms with Gasteiger partial charge in [-0.05, 0) is 6.07 Å². The molecule has 2 heterocycles. The van der Waals surface area contributed by atoms with E-state index in [1.165, 1.54) is 6.20 Å². The Hall–Kier alpha value is -2.48. The maximum Gasteiger partial charge on any atom is 0.224 e. The molecule has 6 nitrogen and oxygen atoms in total. The van der Waals surface area contributed by atoms with Gasteiger partial charge in [0.15, 0.2) is 11.5 Å². The molecule has 0 spiro atoms. The molecule has 0 bridgehead atoms. The minimum atomic E-state index is -0.844. The first-order valence-corrected chi connectivity index (χ1v) is 5.80. The first-order chi connectivity index (χ1) is 9.54. The normalized spacial score (nSPS) is 10.9. The van der Waals surface area contributed by atoms with Crippen LogP contribution in [0.25, 0.3) is 11.0 Å². The SMILES string of the molecule is Nc1nc(Nc2c(F)cc(F)cc2Cl)c2cn[nH]c2n1. The lowest BCUT2D eigenvalue weighted by Crippen LogP contribution is -2.02. The van der Waals surface area contributed by atoms with Gasteiger partial charge in [-0.15, -0.1) is 0 Å². The fraction of sp³-hybridized carbons (Fsp3) is 0. The van der Waals surface area contributed by atoms with Crippen LogP contribution in [-0.4, -0.2) is 20.2 Å². The average molecular weight is 297 g/mol. The Labute approximate surface area is 116 Å². The molecule has 102 valence electrons. The zero-order chi connectivity index (χ0) is 14.3. The maximum absolute atomic E-state index is 13.7. The number of anilines is 3. The van der Waals surface area contributed by atoms with Crippen LogP contribution in [-0.2, 0) is 0 Å². The van der Waals surface area contributed by atoms with Crippen LogP contribution in [0, 0.1) is 11.6 Å². The molecule has 9 heteroatoms. The van der Waals surface area contributed by atoms with Gasteiger partial charge in [-0.25, -0.2) is 8.78 Å². The highest BCUT2D eigenvalue weighted by Crippen LogP contribution is 2.31. The van der Waals surface area contributed by atoms with Crippen LogP contribution < -0.4 is 11.1 Å². The summed E-state index contributed by atoms with van der Waals surface area (Å²) in [6.45, 7) is 0. The zero-order valence-electron chi connectivity index (χ0n) is 9.78. The Bertz CT molecular complexity index is 780. The van der Waals surface area contributed by atoms with Crippen LogP contribution in [0.4, 0.5) is 26.2 Å². The van der Waals surface area contributed by atoms with Crippen LogP contribution in [0.2, 0.25) is 5.02 Å². The number of nitrogens with zero attached hydrogens (tertiary/aromatic N) is 3. The van der Waals surface area contributed by atoms with E-state index >= 15 is 0 Å². The van der Waals surface area contributed by atoms with Crippen molar-refractivity contribution in [2.45, 2.75) is 0 Å². The first kappa shape index (κ1) is 12.5. The molecule has 3 aromatic rings. The summed E-state index contributed by atoms with van der Waals surface area (Å²) in [4.78, 5) is 7.87. The molecule has 0 unspecified atom stereocenters. The molecule has 0 aliphatic rings. The molecule has 0 amide bonds. The third-order valence-corrected chi connectivity index (χ3v) is 2.88. The molecule has 0 saturated heterocycles. The van der Waals surface area contributed by atoms with Gasteiger partial charge in [0.1, 0.15) is 11.6 Å². The lowest BCUT2D eigenvalue weighted by Gasteiger charge is -2.10. The van der Waals surface area contributed by atoms with Gasteiger partial charge in [-0.3, -0.25) is 5.10 Å². The van der Waals surface area contributed by atoms with Crippen LogP contribution in [0.3, 0.4) is 0 Å². The van der Waals surface area contributed by atoms with Crippen LogP contribution in [0.15, 0.2) is 18.3 Å². The number of fused-ring (bicyclic) bond motifs is 1. The molecule has 0 atom stereocenters. The highest BCUT2D eigenvalue weighted by molar-refractivity contribution is 6.33. The zero-order valence-corrected chi connectivity index (χ0v) is 10.5. The van der Waals surface area contributed by atoms with E-state index in [0.29, 0.717) is 17.1 Å². The van der Waals surface area contributed by atoms with Gasteiger partial charge in [0.25, 0.3) is 0 Å². The van der Waals surface area contributed by atoms with Crippen molar-refractivity contribution in [3.63, 3.8) is 0 Å². The van der Waals surface area contributed by atoms with Crippen molar-refractivity contribution in [1.29, 1.82) is 0 Å². The molecule has 20 heavy (non-hydrogen) atoms. The summed E-state index contributed by atoms with van der Waals surface area (Å²) >= 11 is 5.81. The molecule has 0 aliphatic heterocycles. The molecule has 3 rings (SSSR count). The predicted octanol–water partition coefficient (Wildman–Crippen LogP) is 2.61. The Balaban J connectivity index is 2.12. The number of halogens is 3. The number of aromatic nitrogens is 4. The number of hydrogen-bond acceptors (Lipinski definition) is 5. The van der Waals surface area contributed by atoms with Gasteiger partial charge < -0.3 is 11.1 Å². The Morgan fingerprint density at radius 3 is 2.80 bits per heavy atom. The molecule has 1 aromatic carbocycles. The van der Waals surface area contributed by atoms with E-state index in [1.54, 1.807) is 0 Å². The monoisotopic (exact) mass is 296 g/mol. The van der Waals surface area contributed by atoms with Crippen molar-refractivity contribution in [2.75, 3.05) is 11.1 Å². The molecular formula is C11H7ClF2N6. The molecule has 0 radical (unpaired) electrons. The number of rotatable bonds is 2. The van der Waals surface area contributed by atoms with Crippen molar-refractivity contribution in [3.05, 3.63) is 35.0 Å². The van der Waals surface area contributed by atoms with Crippen molar-refractivity contribution in [2.24, 2.45) is 0 Å². The van der Waals surface area contributed by atoms with Crippen LogP contribution in [0.5, 0.6) is 0 Å². The number of hydrogen-bond donors (Lipinski definition) is 3. The minimum absolute atomic E-state index is 0.0251. The fourth-order valence-electron chi connectivity index (χ4n) is 1.73. The van der Waals surface area contributed by atoms with Crippen molar-refractivity contribution in [3.8, 4) is 0 Å². The summed E-state index contributed by atoms with van der Waals surface area (Å²) < 4.78 is 26.7.